The number of halogens is 1. The van der Waals surface area contributed by atoms with Gasteiger partial charge in [0.25, 0.3) is 0 Å². The number of nitrogens with two attached hydrogens (primary N) is 1. The van der Waals surface area contributed by atoms with E-state index in [2.05, 4.69) is 6.07 Å². The maximum atomic E-state index is 14.9. The first-order valence-corrected chi connectivity index (χ1v) is 10.3. The Bertz CT molecular complexity index is 1440. The van der Waals surface area contributed by atoms with Gasteiger partial charge < -0.3 is 15.0 Å². The SMILES string of the molecule is NC(=O)c1cccc2c1c1[c]ccc(F)c1n2Cc1cccc(OCc2ccccc2)c1. The third kappa shape index (κ3) is 3.58. The van der Waals surface area contributed by atoms with Crippen LogP contribution in [-0.2, 0) is 13.2 Å². The Balaban J connectivity index is 1.56. The van der Waals surface area contributed by atoms with Gasteiger partial charge in [-0.15, -0.1) is 0 Å². The number of aromatic nitrogens is 1. The number of benzene rings is 4. The van der Waals surface area contributed by atoms with Gasteiger partial charge in [0.05, 0.1) is 11.0 Å². The standard InChI is InChI=1S/C27H20FN2O2/c28-23-13-5-11-21-25-22(27(29)31)12-6-14-24(25)30(26(21)23)16-19-9-4-10-20(15-19)32-17-18-7-2-1-3-8-18/h1-10,12-15H,16-17H2,(H2,29,31). The third-order valence-electron chi connectivity index (χ3n) is 5.53. The zero-order chi connectivity index (χ0) is 22.1. The molecule has 5 rings (SSSR count). The molecule has 0 saturated carbocycles. The summed E-state index contributed by atoms with van der Waals surface area (Å²) in [5.41, 5.74) is 9.11. The van der Waals surface area contributed by atoms with Gasteiger partial charge in [-0.3, -0.25) is 4.79 Å². The van der Waals surface area contributed by atoms with E-state index in [0.29, 0.717) is 35.0 Å². The van der Waals surface area contributed by atoms with Gasteiger partial charge in [-0.05, 0) is 47.5 Å². The monoisotopic (exact) mass is 423 g/mol. The highest BCUT2D eigenvalue weighted by atomic mass is 19.1. The van der Waals surface area contributed by atoms with Crippen LogP contribution in [0.1, 0.15) is 21.5 Å². The molecular weight excluding hydrogens is 403 g/mol. The van der Waals surface area contributed by atoms with Gasteiger partial charge in [-0.2, -0.15) is 0 Å². The highest BCUT2D eigenvalue weighted by Gasteiger charge is 2.19. The topological polar surface area (TPSA) is 57.2 Å². The maximum Gasteiger partial charge on any atom is 0.249 e. The third-order valence-corrected chi connectivity index (χ3v) is 5.53. The average Bonchev–Trinajstić information content (AvgIpc) is 3.13. The summed E-state index contributed by atoms with van der Waals surface area (Å²) in [6.45, 7) is 0.866. The van der Waals surface area contributed by atoms with E-state index in [9.17, 15) is 9.18 Å². The molecule has 0 atom stereocenters. The summed E-state index contributed by atoms with van der Waals surface area (Å²) < 4.78 is 22.7. The van der Waals surface area contributed by atoms with Crippen molar-refractivity contribution in [1.29, 1.82) is 0 Å². The second-order valence-electron chi connectivity index (χ2n) is 7.62. The molecule has 0 fully saturated rings. The minimum absolute atomic E-state index is 0.355. The fraction of sp³-hybridized carbons (Fsp3) is 0.0741. The molecule has 0 aliphatic carbocycles. The normalized spacial score (nSPS) is 11.2. The van der Waals surface area contributed by atoms with Crippen molar-refractivity contribution in [3.05, 3.63) is 114 Å². The van der Waals surface area contributed by atoms with Crippen molar-refractivity contribution >= 4 is 27.7 Å². The predicted octanol–water partition coefficient (Wildman–Crippen LogP) is 5.46. The Hall–Kier alpha value is -4.12. The summed E-state index contributed by atoms with van der Waals surface area (Å²) in [5.74, 6) is -0.192. The van der Waals surface area contributed by atoms with Crippen LogP contribution in [0, 0.1) is 11.9 Å². The van der Waals surface area contributed by atoms with Crippen molar-refractivity contribution in [2.75, 3.05) is 0 Å². The molecule has 0 bridgehead atoms. The van der Waals surface area contributed by atoms with Gasteiger partial charge in [-0.25, -0.2) is 4.39 Å². The fourth-order valence-corrected chi connectivity index (χ4v) is 4.09. The van der Waals surface area contributed by atoms with E-state index in [4.69, 9.17) is 10.5 Å². The lowest BCUT2D eigenvalue weighted by Crippen LogP contribution is -2.11. The zero-order valence-corrected chi connectivity index (χ0v) is 17.2. The van der Waals surface area contributed by atoms with Crippen molar-refractivity contribution in [2.45, 2.75) is 13.2 Å². The Morgan fingerprint density at radius 1 is 0.969 bits per heavy atom. The molecular formula is C27H20FN2O2. The molecule has 0 aliphatic heterocycles. The summed E-state index contributed by atoms with van der Waals surface area (Å²) in [7, 11) is 0. The molecule has 5 heteroatoms. The van der Waals surface area contributed by atoms with E-state index in [1.165, 1.54) is 12.1 Å². The largest absolute Gasteiger partial charge is 0.489 e. The fourth-order valence-electron chi connectivity index (χ4n) is 4.09. The van der Waals surface area contributed by atoms with Gasteiger partial charge in [0.2, 0.25) is 5.91 Å². The average molecular weight is 423 g/mol. The Morgan fingerprint density at radius 2 is 1.75 bits per heavy atom. The zero-order valence-electron chi connectivity index (χ0n) is 17.2. The van der Waals surface area contributed by atoms with Crippen molar-refractivity contribution in [3.63, 3.8) is 0 Å². The quantitative estimate of drug-likeness (QED) is 0.394. The smallest absolute Gasteiger partial charge is 0.249 e. The summed E-state index contributed by atoms with van der Waals surface area (Å²) in [5, 5.41) is 1.16. The molecule has 157 valence electrons. The molecule has 0 aliphatic rings. The van der Waals surface area contributed by atoms with Crippen LogP contribution < -0.4 is 10.5 Å². The Kier molecular flexibility index (Phi) is 5.07. The number of rotatable bonds is 6. The van der Waals surface area contributed by atoms with E-state index in [1.807, 2.05) is 65.2 Å². The molecule has 4 aromatic carbocycles. The van der Waals surface area contributed by atoms with Crippen LogP contribution in [0.25, 0.3) is 21.8 Å². The second-order valence-corrected chi connectivity index (χ2v) is 7.62. The molecule has 1 amide bonds. The number of primary amides is 1. The minimum atomic E-state index is -0.552. The predicted molar refractivity (Wildman–Crippen MR) is 123 cm³/mol. The van der Waals surface area contributed by atoms with Crippen LogP contribution in [0.4, 0.5) is 4.39 Å². The van der Waals surface area contributed by atoms with Gasteiger partial charge in [0.1, 0.15) is 18.2 Å². The first kappa shape index (κ1) is 19.8. The second kappa shape index (κ2) is 8.19. The number of amides is 1. The summed E-state index contributed by atoms with van der Waals surface area (Å²) in [4.78, 5) is 12.0. The van der Waals surface area contributed by atoms with Gasteiger partial charge in [0, 0.05) is 22.9 Å². The molecule has 2 N–H and O–H groups in total. The minimum Gasteiger partial charge on any atom is -0.489 e. The number of carbonyl (C=O) groups excluding carboxylic acids is 1. The van der Waals surface area contributed by atoms with Crippen LogP contribution in [-0.4, -0.2) is 10.5 Å². The number of carbonyl (C=O) groups is 1. The summed E-state index contributed by atoms with van der Waals surface area (Å²) in [6, 6.07) is 29.0. The summed E-state index contributed by atoms with van der Waals surface area (Å²) >= 11 is 0. The van der Waals surface area contributed by atoms with Gasteiger partial charge in [0.15, 0.2) is 0 Å². The first-order chi connectivity index (χ1) is 15.6. The lowest BCUT2D eigenvalue weighted by atomic mass is 10.1. The van der Waals surface area contributed by atoms with Crippen molar-refractivity contribution in [2.24, 2.45) is 5.73 Å². The molecule has 1 radical (unpaired) electrons. The van der Waals surface area contributed by atoms with Gasteiger partial charge in [-0.1, -0.05) is 54.6 Å². The van der Waals surface area contributed by atoms with E-state index >= 15 is 0 Å². The van der Waals surface area contributed by atoms with Crippen LogP contribution in [0.15, 0.2) is 84.9 Å². The van der Waals surface area contributed by atoms with Crippen LogP contribution in [0.2, 0.25) is 0 Å². The van der Waals surface area contributed by atoms with Crippen molar-refractivity contribution < 1.29 is 13.9 Å². The highest BCUT2D eigenvalue weighted by molar-refractivity contribution is 6.17. The molecule has 0 spiro atoms. The molecule has 1 heterocycles. The lowest BCUT2D eigenvalue weighted by Gasteiger charge is -2.11. The van der Waals surface area contributed by atoms with Crippen molar-refractivity contribution in [1.82, 2.24) is 4.57 Å². The molecule has 1 aromatic heterocycles. The highest BCUT2D eigenvalue weighted by Crippen LogP contribution is 2.33. The Labute approximate surface area is 184 Å². The van der Waals surface area contributed by atoms with E-state index < -0.39 is 5.91 Å². The van der Waals surface area contributed by atoms with E-state index in [-0.39, 0.29) is 5.82 Å². The number of nitrogens with zero attached hydrogens (tertiary/aromatic N) is 1. The number of fused-ring (bicyclic) bond motifs is 3. The summed E-state index contributed by atoms with van der Waals surface area (Å²) in [6.07, 6.45) is 0. The van der Waals surface area contributed by atoms with Crippen LogP contribution >= 0.6 is 0 Å². The number of hydrogen-bond donors (Lipinski definition) is 1. The molecule has 0 saturated heterocycles. The van der Waals surface area contributed by atoms with Gasteiger partial charge >= 0.3 is 0 Å². The van der Waals surface area contributed by atoms with E-state index in [1.54, 1.807) is 12.1 Å². The lowest BCUT2D eigenvalue weighted by molar-refractivity contribution is 0.100. The molecule has 0 unspecified atom stereocenters. The first-order valence-electron chi connectivity index (χ1n) is 10.3. The van der Waals surface area contributed by atoms with E-state index in [0.717, 1.165) is 22.4 Å². The van der Waals surface area contributed by atoms with Crippen LogP contribution in [0.5, 0.6) is 5.75 Å². The molecule has 5 aromatic rings. The maximum absolute atomic E-state index is 14.9. The van der Waals surface area contributed by atoms with Crippen molar-refractivity contribution in [3.8, 4) is 5.75 Å². The molecule has 4 nitrogen and oxygen atoms in total. The molecule has 32 heavy (non-hydrogen) atoms. The number of ether oxygens (including phenoxy) is 1. The Morgan fingerprint density at radius 3 is 2.56 bits per heavy atom. The number of hydrogen-bond acceptors (Lipinski definition) is 2. The van der Waals surface area contributed by atoms with Crippen LogP contribution in [0.3, 0.4) is 0 Å².